The highest BCUT2D eigenvalue weighted by atomic mass is 32.2. The van der Waals surface area contributed by atoms with E-state index in [0.29, 0.717) is 34.1 Å². The fourth-order valence-corrected chi connectivity index (χ4v) is 9.87. The van der Waals surface area contributed by atoms with Crippen LogP contribution in [0.2, 0.25) is 0 Å². The zero-order valence-electron chi connectivity index (χ0n) is 33.3. The van der Waals surface area contributed by atoms with Crippen molar-refractivity contribution in [3.05, 3.63) is 135 Å². The second kappa shape index (κ2) is 18.0. The number of aromatic nitrogens is 3. The molecule has 0 radical (unpaired) electrons. The van der Waals surface area contributed by atoms with Crippen LogP contribution in [0.1, 0.15) is 42.7 Å². The summed E-state index contributed by atoms with van der Waals surface area (Å²) in [5.74, 6) is -2.96. The van der Waals surface area contributed by atoms with E-state index >= 15 is 0 Å². The molecule has 5 heterocycles. The number of thiazole rings is 1. The maximum atomic E-state index is 13.9. The number of allylic oxidation sites excluding steroid dienone is 1. The minimum Gasteiger partial charge on any atom is -0.458 e. The fraction of sp³-hybridized carbons (Fsp3) is 0.256. The van der Waals surface area contributed by atoms with Crippen LogP contribution in [-0.4, -0.2) is 84.9 Å². The molecule has 19 heteroatoms. The van der Waals surface area contributed by atoms with Gasteiger partial charge < -0.3 is 26.4 Å². The Balaban J connectivity index is 1.04. The third kappa shape index (κ3) is 7.88. The van der Waals surface area contributed by atoms with Crippen molar-refractivity contribution < 1.29 is 38.5 Å². The molecule has 0 aliphatic carbocycles. The maximum Gasteiger partial charge on any atom is 0.365 e. The van der Waals surface area contributed by atoms with Crippen molar-refractivity contribution in [2.24, 2.45) is 16.8 Å². The van der Waals surface area contributed by atoms with Gasteiger partial charge in [-0.3, -0.25) is 19.4 Å². The molecule has 3 aliphatic rings. The Morgan fingerprint density at radius 1 is 1.05 bits per heavy atom. The summed E-state index contributed by atoms with van der Waals surface area (Å²) in [6.07, 6.45) is 3.76. The van der Waals surface area contributed by atoms with E-state index in [1.807, 2.05) is 97.2 Å². The van der Waals surface area contributed by atoms with Crippen molar-refractivity contribution in [2.75, 3.05) is 18.1 Å². The number of hydrogen-bond donors (Lipinski definition) is 3. The number of benzene rings is 3. The Kier molecular flexibility index (Phi) is 12.3. The molecule has 16 nitrogen and oxygen atoms in total. The molecular formula is C43H40N8O8S3. The first-order chi connectivity index (χ1) is 30.1. The third-order valence-corrected chi connectivity index (χ3v) is 13.6. The number of hydrogen-bond acceptors (Lipinski definition) is 17. The molecule has 62 heavy (non-hydrogen) atoms. The second-order valence-corrected chi connectivity index (χ2v) is 17.2. The van der Waals surface area contributed by atoms with Crippen molar-refractivity contribution in [3.63, 3.8) is 0 Å². The van der Waals surface area contributed by atoms with E-state index in [-0.39, 0.29) is 17.4 Å². The summed E-state index contributed by atoms with van der Waals surface area (Å²) in [5.41, 5.74) is 14.1. The number of amides is 2. The number of rotatable bonds is 15. The highest BCUT2D eigenvalue weighted by molar-refractivity contribution is 8.00. The van der Waals surface area contributed by atoms with Gasteiger partial charge in [-0.15, -0.1) is 28.2 Å². The van der Waals surface area contributed by atoms with Gasteiger partial charge in [0.25, 0.3) is 11.8 Å². The number of ether oxygens (including phenoxy) is 1. The van der Waals surface area contributed by atoms with E-state index in [1.54, 1.807) is 24.5 Å². The second-order valence-electron chi connectivity index (χ2n) is 14.6. The van der Waals surface area contributed by atoms with Gasteiger partial charge in [0.1, 0.15) is 29.9 Å². The number of nitrogens with zero attached hydrogens (tertiary/aromatic N) is 5. The highest BCUT2D eigenvalue weighted by Gasteiger charge is 2.57. The number of anilines is 1. The number of oxime groups is 1. The average molecular weight is 893 g/mol. The van der Waals surface area contributed by atoms with Crippen molar-refractivity contribution in [1.29, 1.82) is 0 Å². The first-order valence-corrected chi connectivity index (χ1v) is 22.2. The Morgan fingerprint density at radius 2 is 1.76 bits per heavy atom. The molecule has 318 valence electrons. The molecule has 3 aromatic carbocycles. The monoisotopic (exact) mass is 892 g/mol. The van der Waals surface area contributed by atoms with Gasteiger partial charge in [-0.25, -0.2) is 14.6 Å². The lowest BCUT2D eigenvalue weighted by atomic mass is 9.78. The van der Waals surface area contributed by atoms with Gasteiger partial charge in [0.15, 0.2) is 16.8 Å². The van der Waals surface area contributed by atoms with Gasteiger partial charge in [-0.05, 0) is 29.1 Å². The summed E-state index contributed by atoms with van der Waals surface area (Å²) in [4.78, 5) is 76.5. The van der Waals surface area contributed by atoms with Crippen LogP contribution in [0.5, 0.6) is 0 Å². The van der Waals surface area contributed by atoms with Crippen molar-refractivity contribution in [1.82, 2.24) is 24.8 Å². The fourth-order valence-electron chi connectivity index (χ4n) is 7.56. The number of β-lactam (4-membered cyclic amide) rings is 1. The standard InChI is InChI=1S/C43H40N8O8S3/c1-3-25(2)42(45)33(57-58-40(42)55)21-56-39(54)36-26(18-19-29-23-62-50-49-29)22-60-38-35(37(53)51(36)38)48-34(52)20-46-59-43(27-12-6-4-7-13-27,28-14-8-5-9-15-28)31-17-11-10-16-30(31)32-24-61-41(44)47-32/h4-20,23-25,33,35,38H,3,21-22,45H2,1-2H3,(H2,44,47)(H,48,52)/b19-18-,46-20-. The van der Waals surface area contributed by atoms with Crippen LogP contribution in [0, 0.1) is 5.92 Å². The van der Waals surface area contributed by atoms with Gasteiger partial charge in [0.05, 0.1) is 11.4 Å². The number of fused-ring (bicyclic) bond motifs is 1. The molecule has 2 amide bonds. The predicted octanol–water partition coefficient (Wildman–Crippen LogP) is 5.05. The normalized spacial score (nSPS) is 21.7. The predicted molar refractivity (Wildman–Crippen MR) is 234 cm³/mol. The number of thioether (sulfide) groups is 1. The summed E-state index contributed by atoms with van der Waals surface area (Å²) in [6.45, 7) is 3.22. The molecule has 0 saturated carbocycles. The zero-order valence-corrected chi connectivity index (χ0v) is 35.7. The summed E-state index contributed by atoms with van der Waals surface area (Å²) < 4.78 is 9.56. The van der Waals surface area contributed by atoms with Crippen LogP contribution in [0.4, 0.5) is 5.13 Å². The summed E-state index contributed by atoms with van der Waals surface area (Å²) in [6, 6.07) is 25.6. The Hall–Kier alpha value is -6.25. The van der Waals surface area contributed by atoms with Gasteiger partial charge in [-0.1, -0.05) is 121 Å². The summed E-state index contributed by atoms with van der Waals surface area (Å²) in [5, 5.41) is 14.4. The van der Waals surface area contributed by atoms with E-state index in [0.717, 1.165) is 34.4 Å². The smallest absolute Gasteiger partial charge is 0.365 e. The molecule has 0 spiro atoms. The first kappa shape index (κ1) is 42.4. The molecule has 3 aliphatic heterocycles. The van der Waals surface area contributed by atoms with Crippen LogP contribution < -0.4 is 16.8 Å². The number of nitrogens with two attached hydrogens (primary N) is 2. The molecule has 5 atom stereocenters. The van der Waals surface area contributed by atoms with Gasteiger partial charge in [0.2, 0.25) is 5.60 Å². The van der Waals surface area contributed by atoms with Crippen molar-refractivity contribution in [3.8, 4) is 11.3 Å². The SMILES string of the molecule is CCC(C)C1(N)C(=O)OOC1COC(=O)C1=C(/C=C\c2csnn2)CSC2C(NC(=O)/C=N\OC(c3ccccc3)(c3ccccc3)c3ccccc3-c3csc(N)n3)C(=O)N12. The molecule has 2 aromatic heterocycles. The van der Waals surface area contributed by atoms with Crippen LogP contribution in [0.25, 0.3) is 17.3 Å². The number of carbonyl (C=O) groups is 4. The highest BCUT2D eigenvalue weighted by Crippen LogP contribution is 2.45. The summed E-state index contributed by atoms with van der Waals surface area (Å²) in [7, 11) is 0. The van der Waals surface area contributed by atoms with E-state index in [4.69, 9.17) is 30.8 Å². The molecule has 5 unspecified atom stereocenters. The molecule has 5 N–H and O–H groups in total. The largest absolute Gasteiger partial charge is 0.458 e. The van der Waals surface area contributed by atoms with Crippen LogP contribution in [-0.2, 0) is 44.1 Å². The maximum absolute atomic E-state index is 13.9. The average Bonchev–Trinajstić information content (AvgIpc) is 4.06. The number of nitrogens with one attached hydrogen (secondary N) is 1. The molecule has 5 aromatic rings. The lowest BCUT2D eigenvalue weighted by Gasteiger charge is -2.49. The third-order valence-electron chi connectivity index (χ3n) is 11.1. The van der Waals surface area contributed by atoms with Gasteiger partial charge in [0, 0.05) is 38.8 Å². The van der Waals surface area contributed by atoms with Gasteiger partial charge >= 0.3 is 11.9 Å². The van der Waals surface area contributed by atoms with Crippen LogP contribution in [0.3, 0.4) is 0 Å². The van der Waals surface area contributed by atoms with Crippen LogP contribution in [0.15, 0.2) is 118 Å². The number of carbonyl (C=O) groups excluding carboxylic acids is 4. The lowest BCUT2D eigenvalue weighted by molar-refractivity contribution is -0.267. The van der Waals surface area contributed by atoms with Crippen molar-refractivity contribution >= 4 is 75.8 Å². The van der Waals surface area contributed by atoms with E-state index < -0.39 is 59.0 Å². The Labute approximate surface area is 368 Å². The zero-order chi connectivity index (χ0) is 43.4. The minimum absolute atomic E-state index is 0.0341. The number of nitrogen functional groups attached to an aromatic ring is 1. The molecular weight excluding hydrogens is 853 g/mol. The Bertz CT molecular complexity index is 2510. The molecule has 8 rings (SSSR count). The van der Waals surface area contributed by atoms with E-state index in [2.05, 4.69) is 25.0 Å². The molecule has 2 saturated heterocycles. The first-order valence-electron chi connectivity index (χ1n) is 19.5. The molecule has 2 fully saturated rings. The van der Waals surface area contributed by atoms with Crippen LogP contribution >= 0.6 is 34.6 Å². The van der Waals surface area contributed by atoms with Crippen molar-refractivity contribution in [2.45, 2.75) is 48.9 Å². The Morgan fingerprint density at radius 3 is 2.42 bits per heavy atom. The lowest BCUT2D eigenvalue weighted by Crippen LogP contribution is -2.70. The summed E-state index contributed by atoms with van der Waals surface area (Å²) >= 11 is 3.82. The van der Waals surface area contributed by atoms with E-state index in [1.165, 1.54) is 28.0 Å². The van der Waals surface area contributed by atoms with Gasteiger partial charge in [-0.2, -0.15) is 4.89 Å². The van der Waals surface area contributed by atoms with E-state index in [9.17, 15) is 19.2 Å². The minimum atomic E-state index is -1.55. The molecule has 0 bridgehead atoms. The quantitative estimate of drug-likeness (QED) is 0.0313. The number of esters is 1. The topological polar surface area (TPSA) is 224 Å².